The number of hydrogen-bond donors (Lipinski definition) is 2. The number of nitrogens with zero attached hydrogens (tertiary/aromatic N) is 2. The van der Waals surface area contributed by atoms with Gasteiger partial charge < -0.3 is 10.6 Å². The third-order valence-electron chi connectivity index (χ3n) is 5.16. The zero-order valence-electron chi connectivity index (χ0n) is 16.5. The van der Waals surface area contributed by atoms with Gasteiger partial charge >= 0.3 is 0 Å². The predicted octanol–water partition coefficient (Wildman–Crippen LogP) is 4.44. The van der Waals surface area contributed by atoms with Crippen LogP contribution in [0.3, 0.4) is 0 Å². The van der Waals surface area contributed by atoms with Gasteiger partial charge in [-0.25, -0.2) is 4.39 Å². The molecule has 7 heteroatoms. The summed E-state index contributed by atoms with van der Waals surface area (Å²) in [7, 11) is 1.83. The van der Waals surface area contributed by atoms with Gasteiger partial charge in [0.25, 0.3) is 0 Å². The van der Waals surface area contributed by atoms with Crippen molar-refractivity contribution in [3.63, 3.8) is 0 Å². The van der Waals surface area contributed by atoms with Crippen molar-refractivity contribution in [3.05, 3.63) is 58.0 Å². The lowest BCUT2D eigenvalue weighted by Crippen LogP contribution is -2.49. The second kappa shape index (κ2) is 11.7. The number of halogens is 2. The van der Waals surface area contributed by atoms with Crippen LogP contribution in [0.15, 0.2) is 46.1 Å². The summed E-state index contributed by atoms with van der Waals surface area (Å²) in [6, 6.07) is 9.45. The van der Waals surface area contributed by atoms with Crippen LogP contribution >= 0.6 is 35.3 Å². The fourth-order valence-corrected chi connectivity index (χ4v) is 4.18. The SMILES string of the molecule is CN=C(NCC(C)c1ccsc1)NC1CCN(Cc2ccc(F)cc2)CC1.I. The summed E-state index contributed by atoms with van der Waals surface area (Å²) in [5.74, 6) is 1.18. The topological polar surface area (TPSA) is 39.7 Å². The quantitative estimate of drug-likeness (QED) is 0.339. The summed E-state index contributed by atoms with van der Waals surface area (Å²) < 4.78 is 13.0. The molecular formula is C21H30FIN4S. The van der Waals surface area contributed by atoms with E-state index in [1.807, 2.05) is 19.2 Å². The molecule has 0 spiro atoms. The number of thiophene rings is 1. The van der Waals surface area contributed by atoms with Gasteiger partial charge in [-0.2, -0.15) is 11.3 Å². The average Bonchev–Trinajstić information content (AvgIpc) is 3.23. The van der Waals surface area contributed by atoms with Crippen molar-refractivity contribution in [2.45, 2.75) is 38.3 Å². The van der Waals surface area contributed by atoms with E-state index >= 15 is 0 Å². The lowest BCUT2D eigenvalue weighted by Gasteiger charge is -2.33. The summed E-state index contributed by atoms with van der Waals surface area (Å²) in [5.41, 5.74) is 2.54. The van der Waals surface area contributed by atoms with Gasteiger partial charge in [0, 0.05) is 39.3 Å². The first kappa shape index (κ1) is 23.1. The minimum atomic E-state index is -0.172. The van der Waals surface area contributed by atoms with Crippen molar-refractivity contribution in [2.24, 2.45) is 4.99 Å². The number of nitrogens with one attached hydrogen (secondary N) is 2. The summed E-state index contributed by atoms with van der Waals surface area (Å²) in [6.07, 6.45) is 2.17. The Morgan fingerprint density at radius 1 is 1.25 bits per heavy atom. The minimum absolute atomic E-state index is 0. The Balaban J connectivity index is 0.00000280. The first-order valence-electron chi connectivity index (χ1n) is 9.60. The molecule has 4 nitrogen and oxygen atoms in total. The molecule has 0 radical (unpaired) electrons. The zero-order chi connectivity index (χ0) is 19.1. The molecule has 3 rings (SSSR count). The van der Waals surface area contributed by atoms with E-state index in [2.05, 4.69) is 44.3 Å². The first-order chi connectivity index (χ1) is 13.1. The normalized spacial score (nSPS) is 17.0. The van der Waals surface area contributed by atoms with E-state index < -0.39 is 0 Å². The Bertz CT molecular complexity index is 713. The number of piperidine rings is 1. The second-order valence-corrected chi connectivity index (χ2v) is 8.01. The smallest absolute Gasteiger partial charge is 0.191 e. The van der Waals surface area contributed by atoms with Crippen LogP contribution < -0.4 is 10.6 Å². The molecule has 0 bridgehead atoms. The Morgan fingerprint density at radius 2 is 1.96 bits per heavy atom. The Kier molecular flexibility index (Phi) is 9.67. The van der Waals surface area contributed by atoms with Gasteiger partial charge in [0.15, 0.2) is 5.96 Å². The maximum atomic E-state index is 13.0. The van der Waals surface area contributed by atoms with Crippen LogP contribution in [0.1, 0.15) is 36.8 Å². The molecule has 0 amide bonds. The van der Waals surface area contributed by atoms with Crippen molar-refractivity contribution in [3.8, 4) is 0 Å². The van der Waals surface area contributed by atoms with Gasteiger partial charge in [0.1, 0.15) is 5.82 Å². The molecule has 1 unspecified atom stereocenters. The largest absolute Gasteiger partial charge is 0.356 e. The van der Waals surface area contributed by atoms with E-state index in [-0.39, 0.29) is 29.8 Å². The van der Waals surface area contributed by atoms with Crippen LogP contribution in [0.25, 0.3) is 0 Å². The predicted molar refractivity (Wildman–Crippen MR) is 127 cm³/mol. The van der Waals surface area contributed by atoms with Crippen LogP contribution in [0.4, 0.5) is 4.39 Å². The maximum absolute atomic E-state index is 13.0. The zero-order valence-corrected chi connectivity index (χ0v) is 19.7. The molecule has 1 aliphatic heterocycles. The monoisotopic (exact) mass is 516 g/mol. The molecule has 1 fully saturated rings. The Hall–Kier alpha value is -1.19. The fourth-order valence-electron chi connectivity index (χ4n) is 3.39. The molecule has 1 saturated heterocycles. The number of benzene rings is 1. The molecule has 28 heavy (non-hydrogen) atoms. The lowest BCUT2D eigenvalue weighted by molar-refractivity contribution is 0.198. The minimum Gasteiger partial charge on any atom is -0.356 e. The third kappa shape index (κ3) is 7.00. The Labute approximate surface area is 188 Å². The first-order valence-corrected chi connectivity index (χ1v) is 10.5. The van der Waals surface area contributed by atoms with Gasteiger partial charge in [0.2, 0.25) is 0 Å². The molecule has 2 heterocycles. The average molecular weight is 516 g/mol. The van der Waals surface area contributed by atoms with E-state index in [4.69, 9.17) is 0 Å². The van der Waals surface area contributed by atoms with Crippen molar-refractivity contribution in [1.82, 2.24) is 15.5 Å². The van der Waals surface area contributed by atoms with Gasteiger partial charge in [-0.05, 0) is 58.8 Å². The lowest BCUT2D eigenvalue weighted by atomic mass is 10.0. The van der Waals surface area contributed by atoms with Crippen molar-refractivity contribution < 1.29 is 4.39 Å². The second-order valence-electron chi connectivity index (χ2n) is 7.23. The van der Waals surface area contributed by atoms with Gasteiger partial charge in [-0.1, -0.05) is 19.1 Å². The highest BCUT2D eigenvalue weighted by Crippen LogP contribution is 2.17. The molecule has 2 N–H and O–H groups in total. The Morgan fingerprint density at radius 3 is 2.57 bits per heavy atom. The van der Waals surface area contributed by atoms with Crippen LogP contribution in [0, 0.1) is 5.82 Å². The molecule has 154 valence electrons. The summed E-state index contributed by atoms with van der Waals surface area (Å²) in [5, 5.41) is 11.4. The van der Waals surface area contributed by atoms with E-state index in [1.54, 1.807) is 11.3 Å². The molecule has 1 atom stereocenters. The highest BCUT2D eigenvalue weighted by molar-refractivity contribution is 14.0. The highest BCUT2D eigenvalue weighted by Gasteiger charge is 2.20. The summed E-state index contributed by atoms with van der Waals surface area (Å²) in [6.45, 7) is 6.07. The number of aliphatic imine (C=N–C) groups is 1. The highest BCUT2D eigenvalue weighted by atomic mass is 127. The van der Waals surface area contributed by atoms with Gasteiger partial charge in [0.05, 0.1) is 0 Å². The fraction of sp³-hybridized carbons (Fsp3) is 0.476. The summed E-state index contributed by atoms with van der Waals surface area (Å²) >= 11 is 1.74. The molecule has 1 aliphatic rings. The van der Waals surface area contributed by atoms with Crippen molar-refractivity contribution in [1.29, 1.82) is 0 Å². The van der Waals surface area contributed by atoms with E-state index in [1.165, 1.54) is 23.3 Å². The van der Waals surface area contributed by atoms with Crippen LogP contribution in [0.5, 0.6) is 0 Å². The third-order valence-corrected chi connectivity index (χ3v) is 5.86. The molecule has 0 saturated carbocycles. The maximum Gasteiger partial charge on any atom is 0.191 e. The van der Waals surface area contributed by atoms with Gasteiger partial charge in [-0.15, -0.1) is 24.0 Å². The standard InChI is InChI=1S/C21H29FN4S.HI/c1-16(18-9-12-27-15-18)13-24-21(23-2)25-20-7-10-26(11-8-20)14-17-3-5-19(22)6-4-17;/h3-6,9,12,15-16,20H,7-8,10-11,13-14H2,1-2H3,(H2,23,24,25);1H. The summed E-state index contributed by atoms with van der Waals surface area (Å²) in [4.78, 5) is 6.81. The van der Waals surface area contributed by atoms with Gasteiger partial charge in [-0.3, -0.25) is 9.89 Å². The molecule has 1 aromatic heterocycles. The number of likely N-dealkylation sites (tertiary alicyclic amines) is 1. The molecular weight excluding hydrogens is 486 g/mol. The number of rotatable bonds is 6. The van der Waals surface area contributed by atoms with E-state index in [0.29, 0.717) is 12.0 Å². The number of guanidine groups is 1. The van der Waals surface area contributed by atoms with Crippen LogP contribution in [-0.2, 0) is 6.54 Å². The molecule has 1 aromatic carbocycles. The molecule has 0 aliphatic carbocycles. The van der Waals surface area contributed by atoms with Crippen LogP contribution in [0.2, 0.25) is 0 Å². The van der Waals surface area contributed by atoms with Crippen molar-refractivity contribution in [2.75, 3.05) is 26.7 Å². The van der Waals surface area contributed by atoms with Crippen LogP contribution in [-0.4, -0.2) is 43.6 Å². The van der Waals surface area contributed by atoms with E-state index in [9.17, 15) is 4.39 Å². The number of hydrogen-bond acceptors (Lipinski definition) is 3. The molecule has 2 aromatic rings. The van der Waals surface area contributed by atoms with E-state index in [0.717, 1.165) is 45.0 Å². The van der Waals surface area contributed by atoms with Crippen molar-refractivity contribution >= 4 is 41.3 Å².